The van der Waals surface area contributed by atoms with Crippen molar-refractivity contribution < 1.29 is 13.6 Å². The summed E-state index contributed by atoms with van der Waals surface area (Å²) in [6.45, 7) is 0. The quantitative estimate of drug-likeness (QED) is 0.667. The number of carbonyl (C=O) groups excluding carboxylic acids is 1. The third kappa shape index (κ3) is 3.65. The molecular weight excluding hydrogens is 284 g/mol. The van der Waals surface area contributed by atoms with Crippen molar-refractivity contribution in [2.75, 3.05) is 5.32 Å². The molecule has 1 N–H and O–H groups in total. The first kappa shape index (κ1) is 14.2. The fraction of sp³-hybridized carbons (Fsp3) is 0. The number of allylic oxidation sites excluding steroid dienone is 1. The molecule has 2 nitrogen and oxygen atoms in total. The Bertz CT molecular complexity index is 653. The van der Waals surface area contributed by atoms with E-state index in [1.54, 1.807) is 24.3 Å². The Morgan fingerprint density at radius 1 is 1.05 bits per heavy atom. The van der Waals surface area contributed by atoms with E-state index in [1.165, 1.54) is 18.3 Å². The molecule has 0 aliphatic rings. The first-order chi connectivity index (χ1) is 9.56. The van der Waals surface area contributed by atoms with E-state index < -0.39 is 11.6 Å². The number of rotatable bonds is 4. The minimum atomic E-state index is -0.951. The highest BCUT2D eigenvalue weighted by atomic mass is 35.5. The lowest BCUT2D eigenvalue weighted by atomic mass is 10.1. The van der Waals surface area contributed by atoms with Crippen LogP contribution in [0.2, 0.25) is 5.02 Å². The number of nitrogens with one attached hydrogen (secondary N) is 1. The Kier molecular flexibility index (Phi) is 4.48. The van der Waals surface area contributed by atoms with Gasteiger partial charge in [-0.3, -0.25) is 4.79 Å². The maximum atomic E-state index is 12.9. The lowest BCUT2D eigenvalue weighted by Gasteiger charge is -2.01. The van der Waals surface area contributed by atoms with Crippen LogP contribution in [0.15, 0.2) is 54.7 Å². The van der Waals surface area contributed by atoms with Crippen LogP contribution in [0.4, 0.5) is 14.5 Å². The predicted octanol–water partition coefficient (Wildman–Crippen LogP) is 4.43. The second kappa shape index (κ2) is 6.30. The molecule has 0 unspecified atom stereocenters. The van der Waals surface area contributed by atoms with Crippen LogP contribution in [0.5, 0.6) is 0 Å². The highest BCUT2D eigenvalue weighted by Crippen LogP contribution is 2.13. The Labute approximate surface area is 119 Å². The minimum Gasteiger partial charge on any atom is -0.361 e. The standard InChI is InChI=1S/C15H10ClF2NO/c16-11-3-1-10(2-4-11)15(20)7-8-19-12-5-6-13(17)14(18)9-12/h1-9,19H/b8-7+. The zero-order valence-corrected chi connectivity index (χ0v) is 11.0. The average Bonchev–Trinajstić information content (AvgIpc) is 2.43. The van der Waals surface area contributed by atoms with Gasteiger partial charge < -0.3 is 5.32 Å². The molecule has 0 heterocycles. The summed E-state index contributed by atoms with van der Waals surface area (Å²) < 4.78 is 25.7. The van der Waals surface area contributed by atoms with E-state index in [0.29, 0.717) is 16.3 Å². The molecule has 102 valence electrons. The second-order valence-corrected chi connectivity index (χ2v) is 4.41. The molecule has 2 rings (SSSR count). The van der Waals surface area contributed by atoms with Gasteiger partial charge in [-0.05, 0) is 36.4 Å². The maximum absolute atomic E-state index is 12.9. The number of ketones is 1. The Morgan fingerprint density at radius 2 is 1.75 bits per heavy atom. The summed E-state index contributed by atoms with van der Waals surface area (Å²) in [5.74, 6) is -2.10. The summed E-state index contributed by atoms with van der Waals surface area (Å²) in [7, 11) is 0. The average molecular weight is 294 g/mol. The number of halogens is 3. The molecule has 0 saturated heterocycles. The molecule has 0 spiro atoms. The highest BCUT2D eigenvalue weighted by molar-refractivity contribution is 6.30. The van der Waals surface area contributed by atoms with E-state index in [9.17, 15) is 13.6 Å². The lowest BCUT2D eigenvalue weighted by Crippen LogP contribution is -1.96. The zero-order valence-electron chi connectivity index (χ0n) is 10.2. The number of anilines is 1. The van der Waals surface area contributed by atoms with Gasteiger partial charge in [0.2, 0.25) is 0 Å². The Balaban J connectivity index is 2.00. The number of benzene rings is 2. The summed E-state index contributed by atoms with van der Waals surface area (Å²) in [6, 6.07) is 9.82. The lowest BCUT2D eigenvalue weighted by molar-refractivity contribution is 0.104. The summed E-state index contributed by atoms with van der Waals surface area (Å²) in [5, 5.41) is 3.24. The van der Waals surface area contributed by atoms with E-state index >= 15 is 0 Å². The van der Waals surface area contributed by atoms with Gasteiger partial charge in [0.25, 0.3) is 0 Å². The van der Waals surface area contributed by atoms with Gasteiger partial charge >= 0.3 is 0 Å². The largest absolute Gasteiger partial charge is 0.361 e. The molecule has 0 aliphatic carbocycles. The SMILES string of the molecule is O=C(/C=C/Nc1ccc(F)c(F)c1)c1ccc(Cl)cc1. The number of hydrogen-bond acceptors (Lipinski definition) is 2. The molecule has 2 aromatic rings. The van der Waals surface area contributed by atoms with Crippen molar-refractivity contribution in [1.29, 1.82) is 0 Å². The van der Waals surface area contributed by atoms with Crippen molar-refractivity contribution in [3.8, 4) is 0 Å². The van der Waals surface area contributed by atoms with Crippen molar-refractivity contribution in [2.45, 2.75) is 0 Å². The minimum absolute atomic E-state index is 0.225. The van der Waals surface area contributed by atoms with E-state index in [-0.39, 0.29) is 5.78 Å². The topological polar surface area (TPSA) is 29.1 Å². The number of hydrogen-bond donors (Lipinski definition) is 1. The third-order valence-electron chi connectivity index (χ3n) is 2.53. The highest BCUT2D eigenvalue weighted by Gasteiger charge is 2.02. The van der Waals surface area contributed by atoms with Crippen molar-refractivity contribution in [2.24, 2.45) is 0 Å². The molecule has 0 aliphatic heterocycles. The molecule has 0 atom stereocenters. The van der Waals surface area contributed by atoms with E-state index in [4.69, 9.17) is 11.6 Å². The molecule has 0 aromatic heterocycles. The van der Waals surface area contributed by atoms with Crippen molar-refractivity contribution in [1.82, 2.24) is 0 Å². The van der Waals surface area contributed by atoms with Gasteiger partial charge in [-0.25, -0.2) is 8.78 Å². The summed E-state index contributed by atoms with van der Waals surface area (Å²) in [5.41, 5.74) is 0.835. The monoisotopic (exact) mass is 293 g/mol. The van der Waals surface area contributed by atoms with Crippen LogP contribution in [0.3, 0.4) is 0 Å². The maximum Gasteiger partial charge on any atom is 0.187 e. The molecule has 0 radical (unpaired) electrons. The van der Waals surface area contributed by atoms with Gasteiger partial charge in [-0.2, -0.15) is 0 Å². The van der Waals surface area contributed by atoms with Crippen molar-refractivity contribution in [3.63, 3.8) is 0 Å². The van der Waals surface area contributed by atoms with Crippen LogP contribution in [0.25, 0.3) is 0 Å². The molecule has 5 heteroatoms. The molecule has 2 aromatic carbocycles. The molecule has 0 bridgehead atoms. The summed E-state index contributed by atoms with van der Waals surface area (Å²) >= 11 is 5.72. The fourth-order valence-electron chi connectivity index (χ4n) is 1.51. The Hall–Kier alpha value is -2.20. The van der Waals surface area contributed by atoms with Gasteiger partial charge in [0.05, 0.1) is 0 Å². The van der Waals surface area contributed by atoms with Crippen LogP contribution in [0, 0.1) is 11.6 Å². The molecule has 0 saturated carbocycles. The second-order valence-electron chi connectivity index (χ2n) is 3.98. The molecule has 20 heavy (non-hydrogen) atoms. The Morgan fingerprint density at radius 3 is 2.40 bits per heavy atom. The first-order valence-electron chi connectivity index (χ1n) is 5.74. The molecular formula is C15H10ClF2NO. The van der Waals surface area contributed by atoms with Crippen molar-refractivity contribution in [3.05, 3.63) is 77.0 Å². The van der Waals surface area contributed by atoms with Gasteiger partial charge in [0.15, 0.2) is 17.4 Å². The van der Waals surface area contributed by atoms with Gasteiger partial charge in [0.1, 0.15) is 0 Å². The van der Waals surface area contributed by atoms with Crippen LogP contribution in [-0.2, 0) is 0 Å². The summed E-state index contributed by atoms with van der Waals surface area (Å²) in [6.07, 6.45) is 2.66. The summed E-state index contributed by atoms with van der Waals surface area (Å²) in [4.78, 5) is 11.8. The van der Waals surface area contributed by atoms with Crippen LogP contribution < -0.4 is 5.32 Å². The van der Waals surface area contributed by atoms with Crippen LogP contribution in [0.1, 0.15) is 10.4 Å². The van der Waals surface area contributed by atoms with Gasteiger partial charge in [-0.1, -0.05) is 11.6 Å². The van der Waals surface area contributed by atoms with Crippen molar-refractivity contribution >= 4 is 23.1 Å². The molecule has 0 amide bonds. The smallest absolute Gasteiger partial charge is 0.187 e. The normalized spacial score (nSPS) is 10.8. The van der Waals surface area contributed by atoms with Gasteiger partial charge in [-0.15, -0.1) is 0 Å². The van der Waals surface area contributed by atoms with E-state index in [2.05, 4.69) is 5.32 Å². The molecule has 0 fully saturated rings. The fourth-order valence-corrected chi connectivity index (χ4v) is 1.64. The predicted molar refractivity (Wildman–Crippen MR) is 74.9 cm³/mol. The van der Waals surface area contributed by atoms with E-state index in [0.717, 1.165) is 12.1 Å². The van der Waals surface area contributed by atoms with Crippen LogP contribution in [-0.4, -0.2) is 5.78 Å². The third-order valence-corrected chi connectivity index (χ3v) is 2.79. The van der Waals surface area contributed by atoms with Crippen LogP contribution >= 0.6 is 11.6 Å². The zero-order chi connectivity index (χ0) is 14.5. The van der Waals surface area contributed by atoms with Gasteiger partial charge in [0, 0.05) is 34.6 Å². The first-order valence-corrected chi connectivity index (χ1v) is 6.12. The number of carbonyl (C=O) groups is 1. The van der Waals surface area contributed by atoms with E-state index in [1.807, 2.05) is 0 Å².